The Morgan fingerprint density at radius 1 is 1.36 bits per heavy atom. The van der Waals surface area contributed by atoms with Crippen LogP contribution in [0.3, 0.4) is 0 Å². The highest BCUT2D eigenvalue weighted by molar-refractivity contribution is 7.84. The summed E-state index contributed by atoms with van der Waals surface area (Å²) in [7, 11) is -4.14. The molecular formula is C7H7F2NO3S. The van der Waals surface area contributed by atoms with Gasteiger partial charge in [-0.3, -0.25) is 4.18 Å². The minimum Gasteiger partial charge on any atom is -0.253 e. The maximum atomic E-state index is 12.9. The van der Waals surface area contributed by atoms with Crippen LogP contribution in [0.15, 0.2) is 18.2 Å². The summed E-state index contributed by atoms with van der Waals surface area (Å²) in [5, 5.41) is 4.51. The van der Waals surface area contributed by atoms with Gasteiger partial charge in [-0.25, -0.2) is 13.9 Å². The van der Waals surface area contributed by atoms with Crippen molar-refractivity contribution < 1.29 is 21.4 Å². The van der Waals surface area contributed by atoms with Crippen molar-refractivity contribution in [2.75, 3.05) is 0 Å². The Hall–Kier alpha value is -1.05. The second kappa shape index (κ2) is 3.99. The molecule has 14 heavy (non-hydrogen) atoms. The molecule has 0 unspecified atom stereocenters. The lowest BCUT2D eigenvalue weighted by Gasteiger charge is -2.02. The minimum absolute atomic E-state index is 0.209. The highest BCUT2D eigenvalue weighted by Gasteiger charge is 2.10. The minimum atomic E-state index is -4.14. The van der Waals surface area contributed by atoms with E-state index in [9.17, 15) is 17.2 Å². The van der Waals surface area contributed by atoms with E-state index in [-0.39, 0.29) is 5.56 Å². The lowest BCUT2D eigenvalue weighted by Crippen LogP contribution is -2.16. The van der Waals surface area contributed by atoms with Gasteiger partial charge >= 0.3 is 10.3 Å². The van der Waals surface area contributed by atoms with E-state index in [1.54, 1.807) is 0 Å². The third kappa shape index (κ3) is 3.02. The molecule has 2 N–H and O–H groups in total. The van der Waals surface area contributed by atoms with Crippen LogP contribution < -0.4 is 5.14 Å². The molecule has 78 valence electrons. The maximum absolute atomic E-state index is 12.9. The van der Waals surface area contributed by atoms with Gasteiger partial charge < -0.3 is 0 Å². The summed E-state index contributed by atoms with van der Waals surface area (Å²) in [5.74, 6) is -2.21. The van der Waals surface area contributed by atoms with E-state index in [0.717, 1.165) is 6.07 Å². The van der Waals surface area contributed by atoms with Gasteiger partial charge in [0, 0.05) is 5.56 Å². The van der Waals surface area contributed by atoms with Crippen LogP contribution in [0, 0.1) is 11.6 Å². The summed E-state index contributed by atoms with van der Waals surface area (Å²) in [5.41, 5.74) is -0.209. The van der Waals surface area contributed by atoms with Crippen molar-refractivity contribution in [3.8, 4) is 0 Å². The molecule has 1 aromatic carbocycles. The van der Waals surface area contributed by atoms with Gasteiger partial charge in [-0.1, -0.05) is 12.1 Å². The van der Waals surface area contributed by atoms with Crippen molar-refractivity contribution in [1.29, 1.82) is 0 Å². The molecule has 7 heteroatoms. The summed E-state index contributed by atoms with van der Waals surface area (Å²) in [4.78, 5) is 0. The van der Waals surface area contributed by atoms with Crippen LogP contribution in [0.4, 0.5) is 8.78 Å². The molecule has 4 nitrogen and oxygen atoms in total. The zero-order valence-corrected chi connectivity index (χ0v) is 7.72. The Labute approximate surface area is 79.6 Å². The number of halogens is 2. The van der Waals surface area contributed by atoms with E-state index >= 15 is 0 Å². The summed E-state index contributed by atoms with van der Waals surface area (Å²) >= 11 is 0. The van der Waals surface area contributed by atoms with E-state index in [0.29, 0.717) is 0 Å². The molecule has 0 heterocycles. The second-order valence-electron chi connectivity index (χ2n) is 2.47. The Balaban J connectivity index is 2.83. The van der Waals surface area contributed by atoms with Gasteiger partial charge in [0.25, 0.3) is 0 Å². The Bertz CT molecular complexity index is 433. The fourth-order valence-electron chi connectivity index (χ4n) is 0.806. The van der Waals surface area contributed by atoms with Gasteiger partial charge in [-0.05, 0) is 6.07 Å². The molecule has 0 atom stereocenters. The zero-order chi connectivity index (χ0) is 10.8. The second-order valence-corrected chi connectivity index (χ2v) is 3.69. The Morgan fingerprint density at radius 3 is 2.57 bits per heavy atom. The number of hydrogen-bond donors (Lipinski definition) is 1. The van der Waals surface area contributed by atoms with Crippen LogP contribution in [0.1, 0.15) is 5.56 Å². The number of nitrogens with two attached hydrogens (primary N) is 1. The molecule has 0 amide bonds. The predicted molar refractivity (Wildman–Crippen MR) is 44.3 cm³/mol. The van der Waals surface area contributed by atoms with E-state index in [2.05, 4.69) is 9.32 Å². The summed E-state index contributed by atoms with van der Waals surface area (Å²) in [6.07, 6.45) is 0. The predicted octanol–water partition coefficient (Wildman–Crippen LogP) is 0.685. The number of benzene rings is 1. The van der Waals surface area contributed by atoms with E-state index in [1.807, 2.05) is 0 Å². The quantitative estimate of drug-likeness (QED) is 0.819. The molecule has 0 aliphatic rings. The number of rotatable bonds is 3. The van der Waals surface area contributed by atoms with Gasteiger partial charge in [0.2, 0.25) is 0 Å². The standard InChI is InChI=1S/C7H7F2NO3S/c8-6-3-1-2-5(7(6)9)4-13-14(10,11)12/h1-3H,4H2,(H2,10,11,12). The van der Waals surface area contributed by atoms with Crippen LogP contribution in [-0.2, 0) is 21.1 Å². The first kappa shape index (κ1) is 11.0. The van der Waals surface area contributed by atoms with Crippen molar-refractivity contribution in [2.24, 2.45) is 5.14 Å². The molecule has 0 bridgehead atoms. The third-order valence-electron chi connectivity index (χ3n) is 1.41. The molecular weight excluding hydrogens is 216 g/mol. The summed E-state index contributed by atoms with van der Waals surface area (Å²) < 4.78 is 50.2. The van der Waals surface area contributed by atoms with Crippen LogP contribution in [0.2, 0.25) is 0 Å². The van der Waals surface area contributed by atoms with Gasteiger partial charge in [-0.2, -0.15) is 8.42 Å². The van der Waals surface area contributed by atoms with Gasteiger partial charge in [0.15, 0.2) is 11.6 Å². The van der Waals surface area contributed by atoms with E-state index in [1.165, 1.54) is 12.1 Å². The molecule has 1 aromatic rings. The molecule has 0 fully saturated rings. The van der Waals surface area contributed by atoms with Crippen molar-refractivity contribution in [2.45, 2.75) is 6.61 Å². The average molecular weight is 223 g/mol. The maximum Gasteiger partial charge on any atom is 0.333 e. The highest BCUT2D eigenvalue weighted by Crippen LogP contribution is 2.12. The van der Waals surface area contributed by atoms with Crippen LogP contribution in [0.5, 0.6) is 0 Å². The largest absolute Gasteiger partial charge is 0.333 e. The van der Waals surface area contributed by atoms with Crippen LogP contribution in [0.25, 0.3) is 0 Å². The highest BCUT2D eigenvalue weighted by atomic mass is 32.2. The zero-order valence-electron chi connectivity index (χ0n) is 6.91. The molecule has 0 saturated heterocycles. The third-order valence-corrected chi connectivity index (χ3v) is 1.86. The molecule has 0 aliphatic heterocycles. The first-order chi connectivity index (χ1) is 6.40. The molecule has 1 rings (SSSR count). The average Bonchev–Trinajstić information content (AvgIpc) is 2.06. The monoisotopic (exact) mass is 223 g/mol. The summed E-state index contributed by atoms with van der Waals surface area (Å²) in [6.45, 7) is -0.623. The van der Waals surface area contributed by atoms with Gasteiger partial charge in [0.1, 0.15) is 0 Å². The van der Waals surface area contributed by atoms with Crippen LogP contribution in [-0.4, -0.2) is 8.42 Å². The van der Waals surface area contributed by atoms with Crippen molar-refractivity contribution in [1.82, 2.24) is 0 Å². The summed E-state index contributed by atoms with van der Waals surface area (Å²) in [6, 6.07) is 3.35. The Kier molecular flexibility index (Phi) is 3.14. The van der Waals surface area contributed by atoms with Gasteiger partial charge in [0.05, 0.1) is 6.61 Å². The molecule has 0 radical (unpaired) electrons. The Morgan fingerprint density at radius 2 is 2.00 bits per heavy atom. The number of hydrogen-bond acceptors (Lipinski definition) is 3. The molecule has 0 aromatic heterocycles. The normalized spacial score (nSPS) is 11.6. The van der Waals surface area contributed by atoms with Crippen molar-refractivity contribution in [3.63, 3.8) is 0 Å². The lowest BCUT2D eigenvalue weighted by molar-refractivity contribution is 0.300. The fraction of sp³-hybridized carbons (Fsp3) is 0.143. The first-order valence-corrected chi connectivity index (χ1v) is 4.97. The SMILES string of the molecule is NS(=O)(=O)OCc1cccc(F)c1F. The molecule has 0 spiro atoms. The first-order valence-electron chi connectivity index (χ1n) is 3.50. The molecule has 0 aliphatic carbocycles. The van der Waals surface area contributed by atoms with E-state index < -0.39 is 28.5 Å². The smallest absolute Gasteiger partial charge is 0.253 e. The lowest BCUT2D eigenvalue weighted by atomic mass is 10.2. The van der Waals surface area contributed by atoms with Crippen molar-refractivity contribution >= 4 is 10.3 Å². The fourth-order valence-corrected chi connectivity index (χ4v) is 1.10. The topological polar surface area (TPSA) is 69.4 Å². The van der Waals surface area contributed by atoms with E-state index in [4.69, 9.17) is 0 Å². The molecule has 0 saturated carbocycles. The van der Waals surface area contributed by atoms with Crippen molar-refractivity contribution in [3.05, 3.63) is 35.4 Å². The van der Waals surface area contributed by atoms with Gasteiger partial charge in [-0.15, -0.1) is 0 Å². The van der Waals surface area contributed by atoms with Crippen LogP contribution >= 0.6 is 0 Å².